The second-order valence-corrected chi connectivity index (χ2v) is 5.06. The molecular weight excluding hydrogens is 325 g/mol. The average Bonchev–Trinajstić information content (AvgIpc) is 2.44. The predicted molar refractivity (Wildman–Crippen MR) is 80.8 cm³/mol. The van der Waals surface area contributed by atoms with Gasteiger partial charge in [0.15, 0.2) is 0 Å². The molecule has 0 bridgehead atoms. The summed E-state index contributed by atoms with van der Waals surface area (Å²) in [6, 6.07) is 11.7. The van der Waals surface area contributed by atoms with Gasteiger partial charge in [0.1, 0.15) is 17.3 Å². The number of halogens is 2. The zero-order valence-electron chi connectivity index (χ0n) is 10.8. The summed E-state index contributed by atoms with van der Waals surface area (Å²) in [4.78, 5) is 0. The van der Waals surface area contributed by atoms with E-state index in [-0.39, 0.29) is 12.4 Å². The molecular formula is C15H15BrFNO2. The molecule has 0 aliphatic heterocycles. The first-order valence-corrected chi connectivity index (χ1v) is 7.06. The smallest absolute Gasteiger partial charge is 0.144 e. The highest BCUT2D eigenvalue weighted by Gasteiger charge is 2.05. The van der Waals surface area contributed by atoms with Gasteiger partial charge in [-0.25, -0.2) is 4.39 Å². The fourth-order valence-corrected chi connectivity index (χ4v) is 1.99. The number of hydrogen-bond donors (Lipinski definition) is 2. The first-order chi connectivity index (χ1) is 9.69. The number of aliphatic hydroxyl groups excluding tert-OH is 1. The Hall–Kier alpha value is -1.59. The van der Waals surface area contributed by atoms with E-state index in [1.165, 1.54) is 12.1 Å². The number of aliphatic hydroxyl groups is 1. The van der Waals surface area contributed by atoms with E-state index in [0.29, 0.717) is 28.9 Å². The van der Waals surface area contributed by atoms with E-state index < -0.39 is 0 Å². The molecule has 20 heavy (non-hydrogen) atoms. The molecule has 0 atom stereocenters. The number of nitrogens with one attached hydrogen (secondary N) is 1. The normalized spacial score (nSPS) is 10.3. The minimum absolute atomic E-state index is 0.152. The average molecular weight is 340 g/mol. The molecule has 0 radical (unpaired) electrons. The maximum absolute atomic E-state index is 13.2. The monoisotopic (exact) mass is 339 g/mol. The van der Waals surface area contributed by atoms with E-state index in [1.807, 2.05) is 18.2 Å². The van der Waals surface area contributed by atoms with Crippen LogP contribution in [0, 0.1) is 5.82 Å². The topological polar surface area (TPSA) is 41.5 Å². The van der Waals surface area contributed by atoms with Crippen LogP contribution in [-0.2, 0) is 0 Å². The molecule has 0 amide bonds. The summed E-state index contributed by atoms with van der Waals surface area (Å²) in [7, 11) is 0. The van der Waals surface area contributed by atoms with Crippen molar-refractivity contribution >= 4 is 21.6 Å². The second kappa shape index (κ2) is 7.26. The van der Waals surface area contributed by atoms with Crippen LogP contribution in [0.2, 0.25) is 0 Å². The molecule has 5 heteroatoms. The lowest BCUT2D eigenvalue weighted by Gasteiger charge is -2.10. The fourth-order valence-electron chi connectivity index (χ4n) is 1.66. The number of benzene rings is 2. The molecule has 0 aromatic heterocycles. The van der Waals surface area contributed by atoms with E-state index in [2.05, 4.69) is 21.2 Å². The SMILES string of the molecule is OCCCNc1cccc(Oc2cc(F)ccc2Br)c1. The second-order valence-electron chi connectivity index (χ2n) is 4.21. The van der Waals surface area contributed by atoms with Crippen molar-refractivity contribution in [3.8, 4) is 11.5 Å². The van der Waals surface area contributed by atoms with Crippen LogP contribution < -0.4 is 10.1 Å². The zero-order chi connectivity index (χ0) is 14.4. The number of rotatable bonds is 6. The molecule has 2 aromatic rings. The molecule has 0 spiro atoms. The van der Waals surface area contributed by atoms with Gasteiger partial charge in [-0.3, -0.25) is 0 Å². The lowest BCUT2D eigenvalue weighted by Crippen LogP contribution is -2.03. The van der Waals surface area contributed by atoms with Crippen LogP contribution in [-0.4, -0.2) is 18.3 Å². The Morgan fingerprint density at radius 3 is 2.85 bits per heavy atom. The summed E-state index contributed by atoms with van der Waals surface area (Å²) in [5.41, 5.74) is 0.892. The third-order valence-corrected chi connectivity index (χ3v) is 3.27. The van der Waals surface area contributed by atoms with Crippen LogP contribution in [0.3, 0.4) is 0 Å². The van der Waals surface area contributed by atoms with E-state index in [1.54, 1.807) is 12.1 Å². The molecule has 2 N–H and O–H groups in total. The van der Waals surface area contributed by atoms with Crippen LogP contribution >= 0.6 is 15.9 Å². The maximum atomic E-state index is 13.2. The minimum Gasteiger partial charge on any atom is -0.456 e. The molecule has 0 aliphatic carbocycles. The largest absolute Gasteiger partial charge is 0.456 e. The highest BCUT2D eigenvalue weighted by molar-refractivity contribution is 9.10. The highest BCUT2D eigenvalue weighted by Crippen LogP contribution is 2.31. The number of ether oxygens (including phenoxy) is 1. The molecule has 0 aliphatic rings. The fraction of sp³-hybridized carbons (Fsp3) is 0.200. The summed E-state index contributed by atoms with van der Waals surface area (Å²) in [5, 5.41) is 11.9. The van der Waals surface area contributed by atoms with Crippen molar-refractivity contribution < 1.29 is 14.2 Å². The van der Waals surface area contributed by atoms with Gasteiger partial charge in [0, 0.05) is 31.0 Å². The Kier molecular flexibility index (Phi) is 5.38. The Labute approximate surface area is 125 Å². The van der Waals surface area contributed by atoms with Crippen molar-refractivity contribution in [1.82, 2.24) is 0 Å². The zero-order valence-corrected chi connectivity index (χ0v) is 12.4. The van der Waals surface area contributed by atoms with Crippen LogP contribution in [0.25, 0.3) is 0 Å². The van der Waals surface area contributed by atoms with Crippen molar-refractivity contribution in [1.29, 1.82) is 0 Å². The van der Waals surface area contributed by atoms with Crippen molar-refractivity contribution in [2.75, 3.05) is 18.5 Å². The van der Waals surface area contributed by atoms with Gasteiger partial charge >= 0.3 is 0 Å². The van der Waals surface area contributed by atoms with Crippen LogP contribution in [0.1, 0.15) is 6.42 Å². The molecule has 0 saturated heterocycles. The standard InChI is InChI=1S/C15H15BrFNO2/c16-14-6-5-11(17)9-15(14)20-13-4-1-3-12(10-13)18-7-2-8-19/h1,3-6,9-10,18-19H,2,7-8H2. The first-order valence-electron chi connectivity index (χ1n) is 6.27. The van der Waals surface area contributed by atoms with Gasteiger partial charge in [0.2, 0.25) is 0 Å². The van der Waals surface area contributed by atoms with E-state index in [0.717, 1.165) is 5.69 Å². The van der Waals surface area contributed by atoms with Gasteiger partial charge in [-0.05, 0) is 46.6 Å². The van der Waals surface area contributed by atoms with Gasteiger partial charge < -0.3 is 15.2 Å². The maximum Gasteiger partial charge on any atom is 0.144 e. The Morgan fingerprint density at radius 1 is 1.20 bits per heavy atom. The molecule has 0 heterocycles. The van der Waals surface area contributed by atoms with Gasteiger partial charge in [0.25, 0.3) is 0 Å². The van der Waals surface area contributed by atoms with Crippen molar-refractivity contribution in [3.63, 3.8) is 0 Å². The van der Waals surface area contributed by atoms with Crippen molar-refractivity contribution in [2.24, 2.45) is 0 Å². The van der Waals surface area contributed by atoms with E-state index >= 15 is 0 Å². The van der Waals surface area contributed by atoms with Gasteiger partial charge in [-0.1, -0.05) is 6.07 Å². The summed E-state index contributed by atoms with van der Waals surface area (Å²) in [5.74, 6) is 0.697. The molecule has 2 rings (SSSR count). The number of hydrogen-bond acceptors (Lipinski definition) is 3. The molecule has 106 valence electrons. The minimum atomic E-state index is -0.347. The van der Waals surface area contributed by atoms with Gasteiger partial charge in [-0.2, -0.15) is 0 Å². The lowest BCUT2D eigenvalue weighted by molar-refractivity contribution is 0.292. The molecule has 0 fully saturated rings. The van der Waals surface area contributed by atoms with Crippen LogP contribution in [0.15, 0.2) is 46.9 Å². The molecule has 3 nitrogen and oxygen atoms in total. The Balaban J connectivity index is 2.09. The van der Waals surface area contributed by atoms with Gasteiger partial charge in [-0.15, -0.1) is 0 Å². The molecule has 0 saturated carbocycles. The Morgan fingerprint density at radius 2 is 2.05 bits per heavy atom. The summed E-state index contributed by atoms with van der Waals surface area (Å²) in [6.07, 6.45) is 0.681. The van der Waals surface area contributed by atoms with E-state index in [4.69, 9.17) is 9.84 Å². The predicted octanol–water partition coefficient (Wildman–Crippen LogP) is 4.17. The molecule has 2 aromatic carbocycles. The summed E-state index contributed by atoms with van der Waals surface area (Å²) >= 11 is 3.32. The lowest BCUT2D eigenvalue weighted by atomic mass is 10.3. The van der Waals surface area contributed by atoms with Crippen molar-refractivity contribution in [3.05, 3.63) is 52.8 Å². The highest BCUT2D eigenvalue weighted by atomic mass is 79.9. The van der Waals surface area contributed by atoms with Gasteiger partial charge in [0.05, 0.1) is 4.47 Å². The Bertz CT molecular complexity index is 578. The third-order valence-electron chi connectivity index (χ3n) is 2.62. The third kappa shape index (κ3) is 4.21. The molecule has 0 unspecified atom stereocenters. The quantitative estimate of drug-likeness (QED) is 0.776. The summed E-state index contributed by atoms with van der Waals surface area (Å²) < 4.78 is 19.6. The first kappa shape index (κ1) is 14.8. The van der Waals surface area contributed by atoms with Crippen molar-refractivity contribution in [2.45, 2.75) is 6.42 Å². The number of anilines is 1. The van der Waals surface area contributed by atoms with Crippen LogP contribution in [0.5, 0.6) is 11.5 Å². The summed E-state index contributed by atoms with van der Waals surface area (Å²) in [6.45, 7) is 0.836. The van der Waals surface area contributed by atoms with Crippen LogP contribution in [0.4, 0.5) is 10.1 Å². The van der Waals surface area contributed by atoms with E-state index in [9.17, 15) is 4.39 Å².